The molecule has 0 saturated heterocycles. The minimum absolute atomic E-state index is 0.833. The quantitative estimate of drug-likeness (QED) is 0.344. The Morgan fingerprint density at radius 3 is 1.57 bits per heavy atom. The van der Waals surface area contributed by atoms with Crippen LogP contribution >= 0.6 is 0 Å². The second-order valence-electron chi connectivity index (χ2n) is 0.634. The minimum Gasteiger partial charge on any atom is -0.499 e. The summed E-state index contributed by atoms with van der Waals surface area (Å²) in [6.07, 6.45) is 0. The lowest BCUT2D eigenvalue weighted by molar-refractivity contribution is -0.134. The Balaban J connectivity index is 0. The monoisotopic (exact) mass is 121 g/mol. The van der Waals surface area contributed by atoms with Crippen molar-refractivity contribution in [3.63, 3.8) is 0 Å². The van der Waals surface area contributed by atoms with Gasteiger partial charge in [-0.15, -0.1) is 0 Å². The van der Waals surface area contributed by atoms with Gasteiger partial charge in [-0.2, -0.15) is 0 Å². The molecule has 5 heteroatoms. The molecule has 0 aliphatic rings. The summed E-state index contributed by atoms with van der Waals surface area (Å²) in [6, 6.07) is 0. The van der Waals surface area contributed by atoms with Crippen molar-refractivity contribution in [1.82, 2.24) is 0 Å². The van der Waals surface area contributed by atoms with Crippen molar-refractivity contribution < 1.29 is 18.2 Å². The summed E-state index contributed by atoms with van der Waals surface area (Å²) in [7, 11) is 0. The first kappa shape index (κ1) is 10.0. The van der Waals surface area contributed by atoms with E-state index in [0.29, 0.717) is 0 Å². The molecule has 0 aromatic heterocycles. The van der Waals surface area contributed by atoms with E-state index < -0.39 is 21.9 Å². The van der Waals surface area contributed by atoms with Crippen LogP contribution in [0.5, 0.6) is 0 Å². The van der Waals surface area contributed by atoms with E-state index in [-0.39, 0.29) is 0 Å². The van der Waals surface area contributed by atoms with Crippen LogP contribution in [0.1, 0.15) is 6.92 Å². The predicted molar refractivity (Wildman–Crippen MR) is 23.5 cm³/mol. The van der Waals surface area contributed by atoms with Crippen molar-refractivity contribution in [3.8, 4) is 0 Å². The van der Waals surface area contributed by atoms with Crippen molar-refractivity contribution >= 4 is 21.9 Å². The standard InChI is InChI=1S/C2H4O2.Al.2H2O/c1-2(3)4;;;/h1H3,(H,3,4);;2*1H2/q;+2;;/p-2. The Morgan fingerprint density at radius 2 is 1.57 bits per heavy atom. The maximum atomic E-state index is 9.00. The third-order valence-corrected chi connectivity index (χ3v) is 0. The lowest BCUT2D eigenvalue weighted by atomic mass is 10.9. The predicted octanol–water partition coefficient (Wildman–Crippen LogP) is -1.40. The summed E-state index contributed by atoms with van der Waals surface area (Å²) in [6.45, 7) is 1.08. The van der Waals surface area contributed by atoms with Crippen molar-refractivity contribution in [2.75, 3.05) is 0 Å². The minimum atomic E-state index is -1.25. The molecule has 0 aliphatic carbocycles. The summed E-state index contributed by atoms with van der Waals surface area (Å²) in [5, 5.41) is 7.42. The third kappa shape index (κ3) is 15200. The van der Waals surface area contributed by atoms with E-state index in [1.54, 1.807) is 0 Å². The van der Waals surface area contributed by atoms with Gasteiger partial charge in [0.2, 0.25) is 0 Å². The highest BCUT2D eigenvalue weighted by atomic mass is 27.2. The third-order valence-electron chi connectivity index (χ3n) is 0. The maximum Gasteiger partial charge on any atom is 0.662 e. The second kappa shape index (κ2) is 9.33. The molecule has 0 bridgehead atoms. The van der Waals surface area contributed by atoms with E-state index >= 15 is 0 Å². The van der Waals surface area contributed by atoms with Crippen molar-refractivity contribution in [1.29, 1.82) is 0 Å². The van der Waals surface area contributed by atoms with Crippen LogP contribution in [0.4, 0.5) is 0 Å². The number of hydrogen-bond donors (Lipinski definition) is 3. The van der Waals surface area contributed by atoms with E-state index in [4.69, 9.17) is 18.2 Å². The SMILES string of the molecule is CC(=O)O.[OH][Al][OH]. The highest BCUT2D eigenvalue weighted by molar-refractivity contribution is 6.13. The van der Waals surface area contributed by atoms with Gasteiger partial charge in [-0.25, -0.2) is 0 Å². The second-order valence-corrected chi connectivity index (χ2v) is 0.865. The normalized spacial score (nSPS) is 5.57. The lowest BCUT2D eigenvalue weighted by Crippen LogP contribution is -1.78. The van der Waals surface area contributed by atoms with Gasteiger partial charge in [0.1, 0.15) is 0 Å². The van der Waals surface area contributed by atoms with E-state index in [9.17, 15) is 0 Å². The van der Waals surface area contributed by atoms with Crippen LogP contribution in [0.3, 0.4) is 0 Å². The molecule has 0 spiro atoms. The fraction of sp³-hybridized carbons (Fsp3) is 0.500. The number of carboxylic acids is 1. The fourth-order valence-corrected chi connectivity index (χ4v) is 0. The Morgan fingerprint density at radius 1 is 1.57 bits per heavy atom. The van der Waals surface area contributed by atoms with Crippen LogP contribution in [0.2, 0.25) is 0 Å². The highest BCUT2D eigenvalue weighted by Crippen LogP contribution is 1.42. The van der Waals surface area contributed by atoms with Gasteiger partial charge in [0, 0.05) is 6.92 Å². The average Bonchev–Trinajstić information content (AvgIpc) is 1.33. The Bertz CT molecular complexity index is 41.0. The summed E-state index contributed by atoms with van der Waals surface area (Å²) >= 11 is -1.25. The van der Waals surface area contributed by atoms with E-state index in [1.807, 2.05) is 0 Å². The van der Waals surface area contributed by atoms with E-state index in [0.717, 1.165) is 6.92 Å². The van der Waals surface area contributed by atoms with Crippen LogP contribution in [-0.4, -0.2) is 35.3 Å². The highest BCUT2D eigenvalue weighted by Gasteiger charge is 1.65. The smallest absolute Gasteiger partial charge is 0.499 e. The van der Waals surface area contributed by atoms with Gasteiger partial charge < -0.3 is 13.4 Å². The molecule has 0 aliphatic heterocycles. The molecule has 0 rings (SSSR count). The summed E-state index contributed by atoms with van der Waals surface area (Å²) in [5.41, 5.74) is 0. The molecule has 1 radical (unpaired) electrons. The van der Waals surface area contributed by atoms with Crippen molar-refractivity contribution in [2.45, 2.75) is 6.92 Å². The van der Waals surface area contributed by atoms with Crippen LogP contribution in [-0.2, 0) is 4.79 Å². The largest absolute Gasteiger partial charge is 0.662 e. The summed E-state index contributed by atoms with van der Waals surface area (Å²) < 4.78 is 14.4. The molecule has 0 atom stereocenters. The fourth-order valence-electron chi connectivity index (χ4n) is 0. The van der Waals surface area contributed by atoms with Crippen LogP contribution in [0.25, 0.3) is 0 Å². The van der Waals surface area contributed by atoms with Gasteiger partial charge in [-0.05, 0) is 0 Å². The van der Waals surface area contributed by atoms with Crippen molar-refractivity contribution in [3.05, 3.63) is 0 Å². The lowest BCUT2D eigenvalue weighted by Gasteiger charge is -1.59. The average molecular weight is 121 g/mol. The van der Waals surface area contributed by atoms with Gasteiger partial charge >= 0.3 is 15.9 Å². The van der Waals surface area contributed by atoms with Crippen LogP contribution < -0.4 is 0 Å². The molecular formula is C2H6AlO4. The molecule has 0 aromatic rings. The van der Waals surface area contributed by atoms with E-state index in [1.165, 1.54) is 0 Å². The number of carbonyl (C=O) groups is 1. The topological polar surface area (TPSA) is 77.8 Å². The molecule has 0 amide bonds. The molecule has 0 heterocycles. The van der Waals surface area contributed by atoms with Gasteiger partial charge in [-0.3, -0.25) is 4.79 Å². The molecular weight excluding hydrogens is 115 g/mol. The molecule has 0 saturated carbocycles. The molecule has 0 fully saturated rings. The molecule has 0 aromatic carbocycles. The number of hydrogen-bond acceptors (Lipinski definition) is 3. The Labute approximate surface area is 47.8 Å². The van der Waals surface area contributed by atoms with Crippen molar-refractivity contribution in [2.24, 2.45) is 0 Å². The molecule has 7 heavy (non-hydrogen) atoms. The summed E-state index contributed by atoms with van der Waals surface area (Å²) in [5.74, 6) is -0.833. The zero-order valence-electron chi connectivity index (χ0n) is 3.83. The Hall–Kier alpha value is -0.0775. The van der Waals surface area contributed by atoms with Gasteiger partial charge in [0.15, 0.2) is 0 Å². The van der Waals surface area contributed by atoms with Gasteiger partial charge in [0.25, 0.3) is 5.97 Å². The van der Waals surface area contributed by atoms with Crippen LogP contribution in [0.15, 0.2) is 0 Å². The first-order valence-electron chi connectivity index (χ1n) is 1.44. The number of carboxylic acid groups (broad SMARTS) is 1. The first-order chi connectivity index (χ1) is 3.15. The van der Waals surface area contributed by atoms with E-state index in [2.05, 4.69) is 0 Å². The summed E-state index contributed by atoms with van der Waals surface area (Å²) in [4.78, 5) is 9.00. The van der Waals surface area contributed by atoms with Crippen LogP contribution in [0, 0.1) is 0 Å². The first-order valence-corrected chi connectivity index (χ1v) is 2.48. The molecule has 3 N–H and O–H groups in total. The number of rotatable bonds is 0. The molecule has 0 unspecified atom stereocenters. The number of aliphatic carboxylic acids is 1. The van der Waals surface area contributed by atoms with Gasteiger partial charge in [-0.1, -0.05) is 0 Å². The Kier molecular flexibility index (Phi) is 13.4. The maximum absolute atomic E-state index is 9.00. The molecule has 41 valence electrons. The molecule has 4 nitrogen and oxygen atoms in total. The zero-order valence-corrected chi connectivity index (χ0v) is 4.98. The van der Waals surface area contributed by atoms with Gasteiger partial charge in [0.05, 0.1) is 0 Å². The zero-order chi connectivity index (χ0) is 6.28.